The third-order valence-electron chi connectivity index (χ3n) is 3.26. The van der Waals surface area contributed by atoms with E-state index >= 15 is 0 Å². The molecular formula is C14H18ClN5. The van der Waals surface area contributed by atoms with Crippen LogP contribution in [-0.4, -0.2) is 21.9 Å². The fourth-order valence-electron chi connectivity index (χ4n) is 1.92. The number of hydrazine groups is 1. The van der Waals surface area contributed by atoms with E-state index in [-0.39, 0.29) is 6.04 Å². The third-order valence-corrected chi connectivity index (χ3v) is 3.49. The molecule has 0 saturated heterocycles. The molecule has 0 aliphatic rings. The molecule has 0 bridgehead atoms. The van der Waals surface area contributed by atoms with E-state index in [1.165, 1.54) is 5.56 Å². The number of anilines is 1. The van der Waals surface area contributed by atoms with Gasteiger partial charge < -0.3 is 5.43 Å². The molecule has 2 aromatic rings. The standard InChI is InChI=1S/C14H18ClN5/c1-10(11-4-3-5-12(15)6-11)20(2)9-13-7-18-14(19-16)8-17-13/h3-8,10H,9,16H2,1-2H3,(H,18,19). The Morgan fingerprint density at radius 1 is 1.35 bits per heavy atom. The molecule has 5 nitrogen and oxygen atoms in total. The summed E-state index contributed by atoms with van der Waals surface area (Å²) in [5.74, 6) is 5.82. The number of nitrogen functional groups attached to an aromatic ring is 1. The number of benzene rings is 1. The van der Waals surface area contributed by atoms with E-state index in [4.69, 9.17) is 17.4 Å². The Kier molecular flexibility index (Phi) is 4.89. The second-order valence-electron chi connectivity index (χ2n) is 4.68. The number of rotatable bonds is 5. The summed E-state index contributed by atoms with van der Waals surface area (Å²) < 4.78 is 0. The maximum absolute atomic E-state index is 6.03. The van der Waals surface area contributed by atoms with Crippen LogP contribution in [0.5, 0.6) is 0 Å². The second kappa shape index (κ2) is 6.65. The average molecular weight is 292 g/mol. The predicted molar refractivity (Wildman–Crippen MR) is 81.2 cm³/mol. The Labute approximate surface area is 123 Å². The predicted octanol–water partition coefficient (Wildman–Crippen LogP) is 2.61. The number of hydrogen-bond donors (Lipinski definition) is 2. The molecule has 0 radical (unpaired) electrons. The van der Waals surface area contributed by atoms with E-state index in [1.807, 2.05) is 25.2 Å². The molecule has 1 unspecified atom stereocenters. The summed E-state index contributed by atoms with van der Waals surface area (Å²) in [5.41, 5.74) is 4.52. The first kappa shape index (κ1) is 14.7. The van der Waals surface area contributed by atoms with E-state index < -0.39 is 0 Å². The van der Waals surface area contributed by atoms with Gasteiger partial charge in [-0.05, 0) is 31.7 Å². The molecule has 0 spiro atoms. The molecule has 0 aliphatic carbocycles. The van der Waals surface area contributed by atoms with Gasteiger partial charge in [0.1, 0.15) is 0 Å². The highest BCUT2D eigenvalue weighted by Gasteiger charge is 2.13. The van der Waals surface area contributed by atoms with Crippen molar-refractivity contribution in [3.8, 4) is 0 Å². The van der Waals surface area contributed by atoms with E-state index in [9.17, 15) is 0 Å². The monoisotopic (exact) mass is 291 g/mol. The van der Waals surface area contributed by atoms with Crippen molar-refractivity contribution in [3.63, 3.8) is 0 Å². The Morgan fingerprint density at radius 3 is 2.75 bits per heavy atom. The molecule has 0 fully saturated rings. The van der Waals surface area contributed by atoms with Gasteiger partial charge in [-0.3, -0.25) is 9.88 Å². The van der Waals surface area contributed by atoms with Crippen molar-refractivity contribution in [2.24, 2.45) is 5.84 Å². The summed E-state index contributed by atoms with van der Waals surface area (Å²) in [7, 11) is 2.04. The van der Waals surface area contributed by atoms with Crippen molar-refractivity contribution in [1.29, 1.82) is 0 Å². The molecule has 1 aromatic heterocycles. The van der Waals surface area contributed by atoms with Crippen molar-refractivity contribution in [2.75, 3.05) is 12.5 Å². The second-order valence-corrected chi connectivity index (χ2v) is 5.12. The minimum absolute atomic E-state index is 0.239. The lowest BCUT2D eigenvalue weighted by atomic mass is 10.1. The van der Waals surface area contributed by atoms with Crippen molar-refractivity contribution in [2.45, 2.75) is 19.5 Å². The highest BCUT2D eigenvalue weighted by Crippen LogP contribution is 2.22. The topological polar surface area (TPSA) is 67.1 Å². The van der Waals surface area contributed by atoms with Crippen LogP contribution in [-0.2, 0) is 6.54 Å². The maximum Gasteiger partial charge on any atom is 0.158 e. The van der Waals surface area contributed by atoms with Crippen molar-refractivity contribution in [3.05, 3.63) is 52.9 Å². The summed E-state index contributed by atoms with van der Waals surface area (Å²) in [6, 6.07) is 8.13. The molecule has 6 heteroatoms. The lowest BCUT2D eigenvalue weighted by Crippen LogP contribution is -2.22. The van der Waals surface area contributed by atoms with Gasteiger partial charge in [0.15, 0.2) is 5.82 Å². The molecule has 3 N–H and O–H groups in total. The van der Waals surface area contributed by atoms with Crippen LogP contribution in [0.25, 0.3) is 0 Å². The van der Waals surface area contributed by atoms with Gasteiger partial charge in [-0.1, -0.05) is 23.7 Å². The highest BCUT2D eigenvalue weighted by atomic mass is 35.5. The van der Waals surface area contributed by atoms with Crippen LogP contribution >= 0.6 is 11.6 Å². The molecule has 1 atom stereocenters. The summed E-state index contributed by atoms with van der Waals surface area (Å²) >= 11 is 6.03. The quantitative estimate of drug-likeness (QED) is 0.655. The van der Waals surface area contributed by atoms with Gasteiger partial charge in [0, 0.05) is 17.6 Å². The minimum Gasteiger partial charge on any atom is -0.307 e. The Morgan fingerprint density at radius 2 is 2.15 bits per heavy atom. The van der Waals surface area contributed by atoms with Gasteiger partial charge in [-0.25, -0.2) is 10.8 Å². The number of nitrogens with two attached hydrogens (primary N) is 1. The van der Waals surface area contributed by atoms with Gasteiger partial charge >= 0.3 is 0 Å². The van der Waals surface area contributed by atoms with Gasteiger partial charge in [-0.2, -0.15) is 0 Å². The number of nitrogens with one attached hydrogen (secondary N) is 1. The summed E-state index contributed by atoms with van der Waals surface area (Å²) in [6.07, 6.45) is 3.34. The first-order valence-electron chi connectivity index (χ1n) is 6.33. The molecule has 20 heavy (non-hydrogen) atoms. The van der Waals surface area contributed by atoms with Crippen LogP contribution in [0.1, 0.15) is 24.2 Å². The Balaban J connectivity index is 2.04. The number of hydrogen-bond acceptors (Lipinski definition) is 5. The van der Waals surface area contributed by atoms with E-state index in [1.54, 1.807) is 12.4 Å². The summed E-state index contributed by atoms with van der Waals surface area (Å²) in [5, 5.41) is 0.751. The van der Waals surface area contributed by atoms with Crippen LogP contribution in [0.15, 0.2) is 36.7 Å². The molecule has 2 rings (SSSR count). The molecule has 1 aromatic carbocycles. The number of halogens is 1. The van der Waals surface area contributed by atoms with Crippen molar-refractivity contribution < 1.29 is 0 Å². The van der Waals surface area contributed by atoms with Crippen molar-refractivity contribution in [1.82, 2.24) is 14.9 Å². The summed E-state index contributed by atoms with van der Waals surface area (Å²) in [6.45, 7) is 2.83. The zero-order valence-electron chi connectivity index (χ0n) is 11.5. The third kappa shape index (κ3) is 3.66. The molecular weight excluding hydrogens is 274 g/mol. The fraction of sp³-hybridized carbons (Fsp3) is 0.286. The van der Waals surface area contributed by atoms with Crippen LogP contribution in [0.4, 0.5) is 5.82 Å². The molecule has 1 heterocycles. The zero-order chi connectivity index (χ0) is 14.5. The number of aromatic nitrogens is 2. The van der Waals surface area contributed by atoms with Gasteiger partial charge in [0.05, 0.1) is 18.1 Å². The highest BCUT2D eigenvalue weighted by molar-refractivity contribution is 6.30. The van der Waals surface area contributed by atoms with Crippen LogP contribution < -0.4 is 11.3 Å². The van der Waals surface area contributed by atoms with E-state index in [2.05, 4.69) is 33.3 Å². The van der Waals surface area contributed by atoms with Gasteiger partial charge in [0.25, 0.3) is 0 Å². The molecule has 0 aliphatic heterocycles. The fourth-order valence-corrected chi connectivity index (χ4v) is 2.12. The average Bonchev–Trinajstić information content (AvgIpc) is 2.47. The summed E-state index contributed by atoms with van der Waals surface area (Å²) in [4.78, 5) is 10.6. The number of nitrogens with zero attached hydrogens (tertiary/aromatic N) is 3. The van der Waals surface area contributed by atoms with E-state index in [0.717, 1.165) is 10.7 Å². The molecule has 0 amide bonds. The first-order valence-corrected chi connectivity index (χ1v) is 6.71. The zero-order valence-corrected chi connectivity index (χ0v) is 12.3. The van der Waals surface area contributed by atoms with Crippen LogP contribution in [0.2, 0.25) is 5.02 Å². The lowest BCUT2D eigenvalue weighted by Gasteiger charge is -2.24. The molecule has 0 saturated carbocycles. The van der Waals surface area contributed by atoms with Gasteiger partial charge in [-0.15, -0.1) is 0 Å². The van der Waals surface area contributed by atoms with Gasteiger partial charge in [0.2, 0.25) is 0 Å². The SMILES string of the molecule is CC(c1cccc(Cl)c1)N(C)Cc1cnc(NN)cn1. The molecule has 106 valence electrons. The Bertz CT molecular complexity index is 558. The normalized spacial score (nSPS) is 12.4. The first-order chi connectivity index (χ1) is 9.60. The Hall–Kier alpha value is -1.69. The van der Waals surface area contributed by atoms with Crippen LogP contribution in [0, 0.1) is 0 Å². The lowest BCUT2D eigenvalue weighted by molar-refractivity contribution is 0.250. The smallest absolute Gasteiger partial charge is 0.158 e. The maximum atomic E-state index is 6.03. The van der Waals surface area contributed by atoms with E-state index in [0.29, 0.717) is 12.4 Å². The minimum atomic E-state index is 0.239. The van der Waals surface area contributed by atoms with Crippen molar-refractivity contribution >= 4 is 17.4 Å². The van der Waals surface area contributed by atoms with Crippen LogP contribution in [0.3, 0.4) is 0 Å². The largest absolute Gasteiger partial charge is 0.307 e.